The third-order valence-corrected chi connectivity index (χ3v) is 2.98. The van der Waals surface area contributed by atoms with Crippen molar-refractivity contribution in [2.24, 2.45) is 0 Å². The van der Waals surface area contributed by atoms with Crippen LogP contribution < -0.4 is 5.32 Å². The highest BCUT2D eigenvalue weighted by atomic mass is 19.1. The lowest BCUT2D eigenvalue weighted by molar-refractivity contribution is -0.143. The molecule has 0 saturated carbocycles. The maximum absolute atomic E-state index is 13.1. The van der Waals surface area contributed by atoms with Gasteiger partial charge in [-0.2, -0.15) is 0 Å². The van der Waals surface area contributed by atoms with Crippen LogP contribution in [0.1, 0.15) is 30.3 Å². The van der Waals surface area contributed by atoms with Crippen molar-refractivity contribution in [3.8, 4) is 0 Å². The van der Waals surface area contributed by atoms with Gasteiger partial charge in [0.15, 0.2) is 0 Å². The van der Waals surface area contributed by atoms with E-state index in [1.165, 1.54) is 12.1 Å². The summed E-state index contributed by atoms with van der Waals surface area (Å²) in [5.74, 6) is -0.897. The number of ether oxygens (including phenoxy) is 1. The van der Waals surface area contributed by atoms with Gasteiger partial charge in [0.2, 0.25) is 0 Å². The van der Waals surface area contributed by atoms with Gasteiger partial charge in [-0.15, -0.1) is 0 Å². The number of hydrogen-bond acceptors (Lipinski definition) is 3. The molecule has 0 aliphatic rings. The first-order chi connectivity index (χ1) is 10.1. The molecule has 1 amide bonds. The molecule has 2 rings (SSSR count). The highest BCUT2D eigenvalue weighted by molar-refractivity contribution is 5.97. The molecule has 2 N–H and O–H groups in total. The summed E-state index contributed by atoms with van der Waals surface area (Å²) in [6, 6.07) is 5.88. The van der Waals surface area contributed by atoms with E-state index in [-0.39, 0.29) is 24.1 Å². The maximum atomic E-state index is 13.1. The third kappa shape index (κ3) is 4.05. The number of esters is 1. The molecule has 0 unspecified atom stereocenters. The van der Waals surface area contributed by atoms with Gasteiger partial charge in [0.05, 0.1) is 6.61 Å². The van der Waals surface area contributed by atoms with Crippen LogP contribution in [0.25, 0.3) is 10.9 Å². The summed E-state index contributed by atoms with van der Waals surface area (Å²) in [4.78, 5) is 26.0. The molecule has 0 bridgehead atoms. The summed E-state index contributed by atoms with van der Waals surface area (Å²) in [5, 5.41) is 3.35. The van der Waals surface area contributed by atoms with Crippen LogP contribution in [0.3, 0.4) is 0 Å². The first kappa shape index (κ1) is 15.0. The van der Waals surface area contributed by atoms with Crippen molar-refractivity contribution in [1.82, 2.24) is 10.3 Å². The first-order valence-electron chi connectivity index (χ1n) is 6.82. The minimum Gasteiger partial charge on any atom is -0.466 e. The van der Waals surface area contributed by atoms with Crippen molar-refractivity contribution in [2.45, 2.75) is 19.8 Å². The van der Waals surface area contributed by atoms with E-state index >= 15 is 0 Å². The molecule has 0 fully saturated rings. The van der Waals surface area contributed by atoms with Crippen LogP contribution in [0.5, 0.6) is 0 Å². The average Bonchev–Trinajstić information content (AvgIpc) is 2.86. The Morgan fingerprint density at radius 3 is 2.90 bits per heavy atom. The fourth-order valence-corrected chi connectivity index (χ4v) is 1.99. The van der Waals surface area contributed by atoms with E-state index in [2.05, 4.69) is 10.3 Å². The molecule has 0 atom stereocenters. The number of nitrogens with one attached hydrogen (secondary N) is 2. The maximum Gasteiger partial charge on any atom is 0.305 e. The number of benzene rings is 1. The molecule has 0 aliphatic carbocycles. The summed E-state index contributed by atoms with van der Waals surface area (Å²) in [6.45, 7) is 2.48. The highest BCUT2D eigenvalue weighted by Gasteiger charge is 2.10. The smallest absolute Gasteiger partial charge is 0.305 e. The van der Waals surface area contributed by atoms with Gasteiger partial charge in [-0.25, -0.2) is 4.39 Å². The predicted molar refractivity (Wildman–Crippen MR) is 76.5 cm³/mol. The van der Waals surface area contributed by atoms with Gasteiger partial charge in [0.1, 0.15) is 11.5 Å². The molecule has 1 aromatic heterocycles. The molecule has 0 spiro atoms. The Morgan fingerprint density at radius 1 is 1.33 bits per heavy atom. The van der Waals surface area contributed by atoms with Crippen molar-refractivity contribution >= 4 is 22.8 Å². The Balaban J connectivity index is 1.86. The van der Waals surface area contributed by atoms with E-state index in [9.17, 15) is 14.0 Å². The molecular weight excluding hydrogens is 275 g/mol. The van der Waals surface area contributed by atoms with Crippen molar-refractivity contribution in [3.63, 3.8) is 0 Å². The quantitative estimate of drug-likeness (QED) is 0.634. The number of H-pyrrole nitrogens is 1. The van der Waals surface area contributed by atoms with Crippen molar-refractivity contribution in [3.05, 3.63) is 35.8 Å². The van der Waals surface area contributed by atoms with Gasteiger partial charge in [0, 0.05) is 23.9 Å². The van der Waals surface area contributed by atoms with Crippen molar-refractivity contribution < 1.29 is 18.7 Å². The topological polar surface area (TPSA) is 71.2 Å². The van der Waals surface area contributed by atoms with Crippen LogP contribution in [-0.4, -0.2) is 30.0 Å². The Hall–Kier alpha value is -2.37. The average molecular weight is 292 g/mol. The third-order valence-electron chi connectivity index (χ3n) is 2.98. The Bertz CT molecular complexity index is 651. The largest absolute Gasteiger partial charge is 0.466 e. The molecule has 21 heavy (non-hydrogen) atoms. The SMILES string of the molecule is CCOC(=O)CCCNC(=O)c1cc2cc(F)ccc2[nH]1. The van der Waals surface area contributed by atoms with E-state index in [0.717, 1.165) is 0 Å². The van der Waals surface area contributed by atoms with Crippen LogP contribution in [0, 0.1) is 5.82 Å². The molecule has 6 heteroatoms. The monoisotopic (exact) mass is 292 g/mol. The van der Waals surface area contributed by atoms with Crippen LogP contribution in [0.15, 0.2) is 24.3 Å². The Labute approximate surface area is 121 Å². The fourth-order valence-electron chi connectivity index (χ4n) is 1.99. The molecule has 0 aliphatic heterocycles. The van der Waals surface area contributed by atoms with Crippen molar-refractivity contribution in [1.29, 1.82) is 0 Å². The van der Waals surface area contributed by atoms with E-state index < -0.39 is 0 Å². The molecule has 5 nitrogen and oxygen atoms in total. The van der Waals surface area contributed by atoms with Gasteiger partial charge in [-0.1, -0.05) is 0 Å². The minimum atomic E-state index is -0.345. The summed E-state index contributed by atoms with van der Waals surface area (Å²) >= 11 is 0. The zero-order valence-electron chi connectivity index (χ0n) is 11.7. The van der Waals surface area contributed by atoms with E-state index in [1.54, 1.807) is 19.1 Å². The molecule has 2 aromatic rings. The van der Waals surface area contributed by atoms with Crippen LogP contribution in [-0.2, 0) is 9.53 Å². The second kappa shape index (κ2) is 6.88. The Kier molecular flexibility index (Phi) is 4.92. The van der Waals surface area contributed by atoms with E-state index in [0.29, 0.717) is 36.2 Å². The molecule has 1 heterocycles. The number of amides is 1. The van der Waals surface area contributed by atoms with Gasteiger partial charge >= 0.3 is 5.97 Å². The summed E-state index contributed by atoms with van der Waals surface area (Å²) in [5.41, 5.74) is 1.07. The van der Waals surface area contributed by atoms with Crippen molar-refractivity contribution in [2.75, 3.05) is 13.2 Å². The van der Waals surface area contributed by atoms with Crippen LogP contribution >= 0.6 is 0 Å². The number of rotatable bonds is 6. The predicted octanol–water partition coefficient (Wildman–Crippen LogP) is 2.38. The number of aromatic nitrogens is 1. The Morgan fingerprint density at radius 2 is 2.14 bits per heavy atom. The molecule has 1 aromatic carbocycles. The molecular formula is C15H17FN2O3. The van der Waals surface area contributed by atoms with E-state index in [4.69, 9.17) is 4.74 Å². The number of fused-ring (bicyclic) bond motifs is 1. The number of carbonyl (C=O) groups is 2. The minimum absolute atomic E-state index is 0.270. The van der Waals surface area contributed by atoms with Gasteiger partial charge < -0.3 is 15.0 Å². The second-order valence-electron chi connectivity index (χ2n) is 4.58. The normalized spacial score (nSPS) is 10.6. The lowest BCUT2D eigenvalue weighted by Gasteiger charge is -2.03. The van der Waals surface area contributed by atoms with Gasteiger partial charge in [0.25, 0.3) is 5.91 Å². The number of carbonyl (C=O) groups excluding carboxylic acids is 2. The lowest BCUT2D eigenvalue weighted by Crippen LogP contribution is -2.25. The van der Waals surface area contributed by atoms with E-state index in [1.807, 2.05) is 0 Å². The lowest BCUT2D eigenvalue weighted by atomic mass is 10.2. The summed E-state index contributed by atoms with van der Waals surface area (Å²) in [6.07, 6.45) is 0.783. The standard InChI is InChI=1S/C15H17FN2O3/c1-2-21-14(19)4-3-7-17-15(20)13-9-10-8-11(16)5-6-12(10)18-13/h5-6,8-9,18H,2-4,7H2,1H3,(H,17,20). The number of aromatic amines is 1. The van der Waals surface area contributed by atoms with Gasteiger partial charge in [-0.3, -0.25) is 9.59 Å². The zero-order chi connectivity index (χ0) is 15.2. The molecule has 0 radical (unpaired) electrons. The zero-order valence-corrected chi connectivity index (χ0v) is 11.7. The molecule has 112 valence electrons. The number of halogens is 1. The van der Waals surface area contributed by atoms with Crippen LogP contribution in [0.2, 0.25) is 0 Å². The first-order valence-corrected chi connectivity index (χ1v) is 6.82. The summed E-state index contributed by atoms with van der Waals surface area (Å²) < 4.78 is 17.9. The van der Waals surface area contributed by atoms with Crippen LogP contribution in [0.4, 0.5) is 4.39 Å². The molecule has 0 saturated heterocycles. The summed E-state index contributed by atoms with van der Waals surface area (Å²) in [7, 11) is 0. The highest BCUT2D eigenvalue weighted by Crippen LogP contribution is 2.16. The van der Waals surface area contributed by atoms with Gasteiger partial charge in [-0.05, 0) is 37.6 Å². The second-order valence-corrected chi connectivity index (χ2v) is 4.58. The number of hydrogen-bond donors (Lipinski definition) is 2. The fraction of sp³-hybridized carbons (Fsp3) is 0.333.